The third kappa shape index (κ3) is 15.3. The third-order valence-electron chi connectivity index (χ3n) is 9.07. The van der Waals surface area contributed by atoms with Gasteiger partial charge in [-0.15, -0.1) is 11.3 Å². The van der Waals surface area contributed by atoms with Gasteiger partial charge < -0.3 is 48.7 Å². The van der Waals surface area contributed by atoms with E-state index in [2.05, 4.69) is 16.7 Å². The van der Waals surface area contributed by atoms with Crippen LogP contribution in [0.4, 0.5) is 15.6 Å². The van der Waals surface area contributed by atoms with Gasteiger partial charge in [-0.3, -0.25) is 9.59 Å². The van der Waals surface area contributed by atoms with E-state index in [0.717, 1.165) is 50.5 Å². The molecule has 0 bridgehead atoms. The Balaban J connectivity index is 0.894. The summed E-state index contributed by atoms with van der Waals surface area (Å²) in [6, 6.07) is 21.2. The van der Waals surface area contributed by atoms with Gasteiger partial charge in [0.15, 0.2) is 5.13 Å². The van der Waals surface area contributed by atoms with Crippen LogP contribution in [0, 0.1) is 13.8 Å². The Kier molecular flexibility index (Phi) is 18.3. The summed E-state index contributed by atoms with van der Waals surface area (Å²) in [6.07, 6.45) is 0.484. The number of anilines is 2. The highest BCUT2D eigenvalue weighted by Gasteiger charge is 2.27. The van der Waals surface area contributed by atoms with Crippen LogP contribution < -0.4 is 20.3 Å². The Hall–Kier alpha value is -4.90. The second-order valence-corrected chi connectivity index (χ2v) is 16.2. The first-order chi connectivity index (χ1) is 29.0. The number of ether oxygens (including phenoxy) is 7. The number of aryl methyl sites for hydroxylation is 2. The van der Waals surface area contributed by atoms with Crippen molar-refractivity contribution in [2.24, 2.45) is 0 Å². The molecular weight excluding hydrogens is 789 g/mol. The van der Waals surface area contributed by atoms with E-state index >= 15 is 0 Å². The van der Waals surface area contributed by atoms with Crippen molar-refractivity contribution in [1.29, 1.82) is 0 Å². The number of rotatable bonds is 24. The molecule has 0 aliphatic carbocycles. The maximum Gasteiger partial charge on any atom is 0.407 e. The summed E-state index contributed by atoms with van der Waals surface area (Å²) in [4.78, 5) is 45.5. The van der Waals surface area contributed by atoms with Crippen LogP contribution in [0.5, 0.6) is 5.75 Å². The average Bonchev–Trinajstić information content (AvgIpc) is 3.80. The van der Waals surface area contributed by atoms with Gasteiger partial charge in [-0.1, -0.05) is 36.4 Å². The molecule has 0 radical (unpaired) electrons. The van der Waals surface area contributed by atoms with Crippen molar-refractivity contribution >= 4 is 40.1 Å². The Bertz CT molecular complexity index is 2000. The molecule has 0 fully saturated rings. The van der Waals surface area contributed by atoms with Gasteiger partial charge in [-0.2, -0.15) is 0 Å². The predicted octanol–water partition coefficient (Wildman–Crippen LogP) is 6.80. The van der Waals surface area contributed by atoms with Crippen molar-refractivity contribution in [2.75, 3.05) is 96.0 Å². The van der Waals surface area contributed by atoms with Crippen molar-refractivity contribution < 1.29 is 47.5 Å². The van der Waals surface area contributed by atoms with E-state index in [1.165, 1.54) is 11.3 Å². The Labute approximate surface area is 356 Å². The lowest BCUT2D eigenvalue weighted by molar-refractivity contribution is -0.115. The molecule has 0 atom stereocenters. The number of hydrogen-bond donors (Lipinski definition) is 2. The van der Waals surface area contributed by atoms with E-state index in [9.17, 15) is 14.4 Å². The van der Waals surface area contributed by atoms with E-state index in [4.69, 9.17) is 38.1 Å². The fourth-order valence-electron chi connectivity index (χ4n) is 6.27. The molecule has 0 saturated carbocycles. The molecule has 324 valence electrons. The topological polar surface area (TPSA) is 156 Å². The highest BCUT2D eigenvalue weighted by molar-refractivity contribution is 7.16. The smallest absolute Gasteiger partial charge is 0.407 e. The van der Waals surface area contributed by atoms with Crippen LogP contribution in [0.15, 0.2) is 66.7 Å². The number of alkyl carbamates (subject to hydrolysis) is 1. The lowest BCUT2D eigenvalue weighted by Crippen LogP contribution is -2.34. The molecule has 2 N–H and O–H groups in total. The SMILES string of the molecule is Cc1ccccc1C(=O)N1CCc2cc(-c3nc(NC(=O)Cc4cccc(OCCOCCOCCOCCOCCOCCNC(=O)OC(C)(C)C)c4)sc3C)ccc21. The molecule has 2 heterocycles. The van der Waals surface area contributed by atoms with Crippen LogP contribution >= 0.6 is 11.3 Å². The van der Waals surface area contributed by atoms with Crippen molar-refractivity contribution in [1.82, 2.24) is 10.3 Å². The van der Waals surface area contributed by atoms with Crippen molar-refractivity contribution in [3.63, 3.8) is 0 Å². The minimum absolute atomic E-state index is 0.0150. The zero-order valence-corrected chi connectivity index (χ0v) is 36.2. The summed E-state index contributed by atoms with van der Waals surface area (Å²) in [7, 11) is 0. The summed E-state index contributed by atoms with van der Waals surface area (Å²) in [5.41, 5.74) is 5.79. The van der Waals surface area contributed by atoms with Gasteiger partial charge in [0, 0.05) is 34.8 Å². The summed E-state index contributed by atoms with van der Waals surface area (Å²) < 4.78 is 38.6. The molecule has 1 aliphatic rings. The van der Waals surface area contributed by atoms with Gasteiger partial charge in [-0.25, -0.2) is 9.78 Å². The van der Waals surface area contributed by atoms with E-state index in [0.29, 0.717) is 96.6 Å². The molecule has 0 unspecified atom stereocenters. The summed E-state index contributed by atoms with van der Waals surface area (Å²) in [5.74, 6) is 0.504. The first-order valence-electron chi connectivity index (χ1n) is 20.3. The number of nitrogens with one attached hydrogen (secondary N) is 2. The number of hydrogen-bond acceptors (Lipinski definition) is 12. The molecule has 1 aliphatic heterocycles. The number of nitrogens with zero attached hydrogens (tertiary/aromatic N) is 2. The highest BCUT2D eigenvalue weighted by atomic mass is 32.1. The zero-order valence-electron chi connectivity index (χ0n) is 35.3. The van der Waals surface area contributed by atoms with Crippen LogP contribution in [0.3, 0.4) is 0 Å². The van der Waals surface area contributed by atoms with E-state index in [-0.39, 0.29) is 18.2 Å². The summed E-state index contributed by atoms with van der Waals surface area (Å²) in [6.45, 7) is 15.1. The standard InChI is InChI=1S/C45H58N4O10S/c1-32-9-6-7-12-38(32)42(51)49-17-15-35-31-36(13-14-39(35)49)41-33(2)60-43(48-41)47-40(50)30-34-10-8-11-37(29-34)58-28-27-57-26-25-56-24-23-55-22-21-54-20-19-53-18-16-46-44(52)59-45(3,4)5/h6-14,29,31H,15-28,30H2,1-5H3,(H,46,52)(H,47,48,50). The molecular formula is C45H58N4O10S. The monoisotopic (exact) mass is 846 g/mol. The number of thiazole rings is 1. The minimum atomic E-state index is -0.525. The van der Waals surface area contributed by atoms with Gasteiger partial charge >= 0.3 is 6.09 Å². The quantitative estimate of drug-likeness (QED) is 0.0716. The lowest BCUT2D eigenvalue weighted by Gasteiger charge is -2.19. The molecule has 5 rings (SSSR count). The molecule has 3 amide bonds. The molecule has 60 heavy (non-hydrogen) atoms. The minimum Gasteiger partial charge on any atom is -0.491 e. The van der Waals surface area contributed by atoms with Crippen LogP contribution in [0.1, 0.15) is 52.7 Å². The number of fused-ring (bicyclic) bond motifs is 1. The van der Waals surface area contributed by atoms with Crippen LogP contribution in [-0.2, 0) is 46.1 Å². The molecule has 1 aromatic heterocycles. The van der Waals surface area contributed by atoms with Gasteiger partial charge in [0.2, 0.25) is 5.91 Å². The van der Waals surface area contributed by atoms with Crippen LogP contribution in [0.25, 0.3) is 11.3 Å². The van der Waals surface area contributed by atoms with Crippen molar-refractivity contribution in [3.8, 4) is 17.0 Å². The first-order valence-corrected chi connectivity index (χ1v) is 21.1. The fraction of sp³-hybridized carbons (Fsp3) is 0.467. The second-order valence-electron chi connectivity index (χ2n) is 15.0. The molecule has 4 aromatic rings. The third-order valence-corrected chi connectivity index (χ3v) is 9.96. The molecule has 0 spiro atoms. The van der Waals surface area contributed by atoms with E-state index in [1.807, 2.05) is 100 Å². The van der Waals surface area contributed by atoms with E-state index < -0.39 is 11.7 Å². The van der Waals surface area contributed by atoms with Gasteiger partial charge in [-0.05, 0) is 88.1 Å². The van der Waals surface area contributed by atoms with Gasteiger partial charge in [0.05, 0.1) is 78.2 Å². The number of benzene rings is 3. The second kappa shape index (κ2) is 23.8. The number of carbonyl (C=O) groups is 3. The highest BCUT2D eigenvalue weighted by Crippen LogP contribution is 2.36. The first kappa shape index (κ1) is 46.2. The number of amides is 3. The maximum absolute atomic E-state index is 13.3. The van der Waals surface area contributed by atoms with Crippen molar-refractivity contribution in [3.05, 3.63) is 93.9 Å². The Morgan fingerprint density at radius 1 is 0.767 bits per heavy atom. The lowest BCUT2D eigenvalue weighted by atomic mass is 10.0. The fourth-order valence-corrected chi connectivity index (χ4v) is 7.12. The van der Waals surface area contributed by atoms with Gasteiger partial charge in [0.25, 0.3) is 5.91 Å². The van der Waals surface area contributed by atoms with Crippen molar-refractivity contribution in [2.45, 2.75) is 53.1 Å². The number of carbonyl (C=O) groups excluding carboxylic acids is 3. The van der Waals surface area contributed by atoms with E-state index in [1.54, 1.807) is 0 Å². The van der Waals surface area contributed by atoms with Crippen LogP contribution in [-0.4, -0.2) is 114 Å². The molecule has 15 heteroatoms. The van der Waals surface area contributed by atoms with Gasteiger partial charge in [0.1, 0.15) is 18.0 Å². The Morgan fingerprint density at radius 3 is 2.08 bits per heavy atom. The maximum atomic E-state index is 13.3. The Morgan fingerprint density at radius 2 is 1.42 bits per heavy atom. The molecule has 0 saturated heterocycles. The molecule has 14 nitrogen and oxygen atoms in total. The summed E-state index contributed by atoms with van der Waals surface area (Å²) >= 11 is 1.44. The zero-order chi connectivity index (χ0) is 42.7. The normalized spacial score (nSPS) is 12.3. The largest absolute Gasteiger partial charge is 0.491 e. The number of aromatic nitrogens is 1. The van der Waals surface area contributed by atoms with Crippen LogP contribution in [0.2, 0.25) is 0 Å². The molecule has 3 aromatic carbocycles. The average molecular weight is 847 g/mol. The predicted molar refractivity (Wildman–Crippen MR) is 231 cm³/mol. The summed E-state index contributed by atoms with van der Waals surface area (Å²) in [5, 5.41) is 6.14.